The first-order valence-corrected chi connectivity index (χ1v) is 5.44. The van der Waals surface area contributed by atoms with E-state index in [1.165, 1.54) is 0 Å². The van der Waals surface area contributed by atoms with Gasteiger partial charge in [0.25, 0.3) is 0 Å². The van der Waals surface area contributed by atoms with Crippen molar-refractivity contribution in [3.63, 3.8) is 0 Å². The summed E-state index contributed by atoms with van der Waals surface area (Å²) in [5, 5.41) is 10.9. The number of nitrogens with one attached hydrogen (secondary N) is 1. The molecule has 2 aromatic rings. The van der Waals surface area contributed by atoms with Crippen LogP contribution in [0.1, 0.15) is 11.4 Å². The van der Waals surface area contributed by atoms with E-state index in [1.54, 1.807) is 18.0 Å². The van der Waals surface area contributed by atoms with Gasteiger partial charge in [-0.15, -0.1) is 0 Å². The predicted octanol–water partition coefficient (Wildman–Crippen LogP) is 2.14. The van der Waals surface area contributed by atoms with Gasteiger partial charge in [-0.05, 0) is 31.3 Å². The molecule has 17 heavy (non-hydrogen) atoms. The van der Waals surface area contributed by atoms with Crippen LogP contribution in [-0.4, -0.2) is 28.2 Å². The van der Waals surface area contributed by atoms with Gasteiger partial charge in [0, 0.05) is 5.56 Å². The Morgan fingerprint density at radius 3 is 2.88 bits per heavy atom. The van der Waals surface area contributed by atoms with E-state index in [0.29, 0.717) is 10.6 Å². The third kappa shape index (κ3) is 2.42. The lowest BCUT2D eigenvalue weighted by molar-refractivity contribution is 0.414. The number of hydrogen-bond donors (Lipinski definition) is 1. The molecule has 0 fully saturated rings. The van der Waals surface area contributed by atoms with Crippen molar-refractivity contribution in [1.29, 1.82) is 0 Å². The highest BCUT2D eigenvalue weighted by molar-refractivity contribution is 7.71. The van der Waals surface area contributed by atoms with Crippen LogP contribution in [0.25, 0.3) is 0 Å². The molecule has 1 N–H and O–H groups in total. The van der Waals surface area contributed by atoms with Crippen molar-refractivity contribution in [1.82, 2.24) is 14.9 Å². The number of H-pyrrole nitrogens is 1. The summed E-state index contributed by atoms with van der Waals surface area (Å²) in [7, 11) is 1.63. The Kier molecular flexibility index (Phi) is 3.34. The number of rotatable bonds is 3. The van der Waals surface area contributed by atoms with Gasteiger partial charge in [0.2, 0.25) is 4.77 Å². The SMILES string of the molecule is COc1ccccc1/C=N\n1c(C)n[nH]c1=S. The van der Waals surface area contributed by atoms with E-state index in [1.807, 2.05) is 31.2 Å². The van der Waals surface area contributed by atoms with Crippen LogP contribution in [-0.2, 0) is 0 Å². The third-order valence-electron chi connectivity index (χ3n) is 2.26. The van der Waals surface area contributed by atoms with Crippen molar-refractivity contribution in [2.45, 2.75) is 6.92 Å². The van der Waals surface area contributed by atoms with Gasteiger partial charge >= 0.3 is 0 Å². The zero-order chi connectivity index (χ0) is 12.3. The molecule has 5 nitrogen and oxygen atoms in total. The van der Waals surface area contributed by atoms with E-state index >= 15 is 0 Å². The van der Waals surface area contributed by atoms with E-state index in [2.05, 4.69) is 15.3 Å². The maximum Gasteiger partial charge on any atom is 0.216 e. The second-order valence-electron chi connectivity index (χ2n) is 3.37. The Morgan fingerprint density at radius 1 is 1.47 bits per heavy atom. The molecule has 1 aromatic heterocycles. The molecule has 0 spiro atoms. The van der Waals surface area contributed by atoms with Crippen LogP contribution in [0.5, 0.6) is 5.75 Å². The summed E-state index contributed by atoms with van der Waals surface area (Å²) in [4.78, 5) is 0. The van der Waals surface area contributed by atoms with Crippen LogP contribution in [0.2, 0.25) is 0 Å². The number of ether oxygens (including phenoxy) is 1. The molecule has 88 valence electrons. The van der Waals surface area contributed by atoms with Gasteiger partial charge in [0.1, 0.15) is 11.6 Å². The van der Waals surface area contributed by atoms with Crippen molar-refractivity contribution >= 4 is 18.4 Å². The number of benzene rings is 1. The summed E-state index contributed by atoms with van der Waals surface area (Å²) in [6, 6.07) is 7.63. The zero-order valence-electron chi connectivity index (χ0n) is 9.54. The minimum absolute atomic E-state index is 0.466. The van der Waals surface area contributed by atoms with Crippen LogP contribution in [0, 0.1) is 11.7 Å². The minimum Gasteiger partial charge on any atom is -0.496 e. The molecule has 0 unspecified atom stereocenters. The molecule has 0 atom stereocenters. The lowest BCUT2D eigenvalue weighted by Gasteiger charge is -2.02. The number of nitrogens with zero attached hydrogens (tertiary/aromatic N) is 3. The van der Waals surface area contributed by atoms with Crippen molar-refractivity contribution < 1.29 is 4.74 Å². The largest absolute Gasteiger partial charge is 0.496 e. The molecule has 1 aromatic carbocycles. The minimum atomic E-state index is 0.466. The average molecular weight is 248 g/mol. The van der Waals surface area contributed by atoms with E-state index in [-0.39, 0.29) is 0 Å². The molecule has 0 aliphatic heterocycles. The molecule has 0 radical (unpaired) electrons. The molecule has 1 heterocycles. The lowest BCUT2D eigenvalue weighted by Crippen LogP contribution is -1.95. The maximum atomic E-state index is 5.23. The highest BCUT2D eigenvalue weighted by Crippen LogP contribution is 2.14. The number of aryl methyl sites for hydroxylation is 1. The quantitative estimate of drug-likeness (QED) is 0.668. The molecule has 0 saturated carbocycles. The number of aromatic nitrogens is 3. The number of methoxy groups -OCH3 is 1. The van der Waals surface area contributed by atoms with Gasteiger partial charge in [-0.2, -0.15) is 14.9 Å². The van der Waals surface area contributed by atoms with Crippen molar-refractivity contribution in [3.8, 4) is 5.75 Å². The molecular weight excluding hydrogens is 236 g/mol. The molecule has 0 aliphatic rings. The third-order valence-corrected chi connectivity index (χ3v) is 2.53. The van der Waals surface area contributed by atoms with Crippen LogP contribution in [0.4, 0.5) is 0 Å². The van der Waals surface area contributed by atoms with Gasteiger partial charge in [-0.3, -0.25) is 5.10 Å². The van der Waals surface area contributed by atoms with Gasteiger partial charge < -0.3 is 4.74 Å². The van der Waals surface area contributed by atoms with E-state index in [4.69, 9.17) is 17.0 Å². The Hall–Kier alpha value is -1.95. The topological polar surface area (TPSA) is 55.2 Å². The first-order chi connectivity index (χ1) is 8.22. The van der Waals surface area contributed by atoms with Crippen LogP contribution in [0.3, 0.4) is 0 Å². The van der Waals surface area contributed by atoms with Gasteiger partial charge in [-0.1, -0.05) is 12.1 Å². The molecule has 0 bridgehead atoms. The summed E-state index contributed by atoms with van der Waals surface area (Å²) in [5.41, 5.74) is 0.887. The van der Waals surface area contributed by atoms with Crippen molar-refractivity contribution in [3.05, 3.63) is 40.4 Å². The molecule has 0 saturated heterocycles. The van der Waals surface area contributed by atoms with Crippen LogP contribution in [0.15, 0.2) is 29.4 Å². The smallest absolute Gasteiger partial charge is 0.216 e. The molecule has 2 rings (SSSR count). The van der Waals surface area contributed by atoms with E-state index < -0.39 is 0 Å². The Balaban J connectivity index is 2.35. The first-order valence-electron chi connectivity index (χ1n) is 5.04. The average Bonchev–Trinajstić information content (AvgIpc) is 2.67. The van der Waals surface area contributed by atoms with Crippen molar-refractivity contribution in [2.24, 2.45) is 5.10 Å². The summed E-state index contributed by atoms with van der Waals surface area (Å²) in [6.45, 7) is 1.83. The van der Waals surface area contributed by atoms with Crippen LogP contribution < -0.4 is 4.74 Å². The van der Waals surface area contributed by atoms with E-state index in [0.717, 1.165) is 11.3 Å². The Morgan fingerprint density at radius 2 is 2.24 bits per heavy atom. The second kappa shape index (κ2) is 4.92. The van der Waals surface area contributed by atoms with Crippen LogP contribution >= 0.6 is 12.2 Å². The fourth-order valence-corrected chi connectivity index (χ4v) is 1.62. The highest BCUT2D eigenvalue weighted by Gasteiger charge is 2.00. The van der Waals surface area contributed by atoms with Crippen molar-refractivity contribution in [2.75, 3.05) is 7.11 Å². The fourth-order valence-electron chi connectivity index (χ4n) is 1.40. The summed E-state index contributed by atoms with van der Waals surface area (Å²) < 4.78 is 7.25. The monoisotopic (exact) mass is 248 g/mol. The maximum absolute atomic E-state index is 5.23. The standard InChI is InChI=1S/C11H12N4OS/c1-8-13-14-11(17)15(8)12-7-9-5-3-4-6-10(9)16-2/h3-7H,1-2H3,(H,14,17)/b12-7-. The normalized spacial score (nSPS) is 10.9. The summed E-state index contributed by atoms with van der Waals surface area (Å²) >= 11 is 5.05. The molecule has 6 heteroatoms. The Labute approximate surface area is 104 Å². The fraction of sp³-hybridized carbons (Fsp3) is 0.182. The summed E-state index contributed by atoms with van der Waals surface area (Å²) in [5.74, 6) is 1.48. The summed E-state index contributed by atoms with van der Waals surface area (Å²) in [6.07, 6.45) is 1.69. The number of aromatic amines is 1. The predicted molar refractivity (Wildman–Crippen MR) is 68.1 cm³/mol. The number of hydrogen-bond acceptors (Lipinski definition) is 4. The van der Waals surface area contributed by atoms with Gasteiger partial charge in [0.15, 0.2) is 0 Å². The van der Waals surface area contributed by atoms with Gasteiger partial charge in [0.05, 0.1) is 13.3 Å². The highest BCUT2D eigenvalue weighted by atomic mass is 32.1. The first kappa shape index (κ1) is 11.5. The molecular formula is C11H12N4OS. The molecule has 0 amide bonds. The zero-order valence-corrected chi connectivity index (χ0v) is 10.4. The number of para-hydroxylation sites is 1. The lowest BCUT2D eigenvalue weighted by atomic mass is 10.2. The Bertz CT molecular complexity index is 600. The van der Waals surface area contributed by atoms with Gasteiger partial charge in [-0.25, -0.2) is 0 Å². The van der Waals surface area contributed by atoms with E-state index in [9.17, 15) is 0 Å². The second-order valence-corrected chi connectivity index (χ2v) is 3.76. The molecule has 0 aliphatic carbocycles.